The van der Waals surface area contributed by atoms with E-state index in [1.807, 2.05) is 55.5 Å². The monoisotopic (exact) mass is 398 g/mol. The minimum absolute atomic E-state index is 0.0867. The average Bonchev–Trinajstić information content (AvgIpc) is 2.75. The average molecular weight is 398 g/mol. The number of fused-ring (bicyclic) bond motifs is 1. The molecule has 1 aromatic heterocycles. The van der Waals surface area contributed by atoms with E-state index in [0.717, 1.165) is 11.1 Å². The first-order chi connectivity index (χ1) is 14.6. The first-order valence-corrected chi connectivity index (χ1v) is 9.33. The van der Waals surface area contributed by atoms with Gasteiger partial charge in [0.2, 0.25) is 11.2 Å². The van der Waals surface area contributed by atoms with Gasteiger partial charge in [0.25, 0.3) is 0 Å². The minimum atomic E-state index is -0.528. The minimum Gasteiger partial charge on any atom is -0.460 e. The Hall–Kier alpha value is -4.12. The molecule has 3 aromatic carbocycles. The van der Waals surface area contributed by atoms with E-state index in [1.165, 1.54) is 18.4 Å². The fourth-order valence-electron chi connectivity index (χ4n) is 2.91. The second kappa shape index (κ2) is 8.49. The molecule has 0 aliphatic rings. The molecule has 1 heterocycles. The van der Waals surface area contributed by atoms with Gasteiger partial charge < -0.3 is 13.9 Å². The predicted octanol–water partition coefficient (Wildman–Crippen LogP) is 5.51. The number of rotatable bonds is 5. The largest absolute Gasteiger partial charge is 0.460 e. The van der Waals surface area contributed by atoms with Crippen LogP contribution in [0.5, 0.6) is 17.2 Å². The lowest BCUT2D eigenvalue weighted by Crippen LogP contribution is -2.06. The Morgan fingerprint density at radius 3 is 2.57 bits per heavy atom. The van der Waals surface area contributed by atoms with Gasteiger partial charge >= 0.3 is 5.97 Å². The van der Waals surface area contributed by atoms with Gasteiger partial charge in [0, 0.05) is 12.1 Å². The van der Waals surface area contributed by atoms with E-state index in [4.69, 9.17) is 13.9 Å². The summed E-state index contributed by atoms with van der Waals surface area (Å²) in [6.45, 7) is 1.94. The van der Waals surface area contributed by atoms with Crippen molar-refractivity contribution in [3.63, 3.8) is 0 Å². The molecule has 148 valence electrons. The molecule has 0 bridgehead atoms. The van der Waals surface area contributed by atoms with E-state index >= 15 is 0 Å². The van der Waals surface area contributed by atoms with E-state index in [2.05, 4.69) is 0 Å². The summed E-state index contributed by atoms with van der Waals surface area (Å²) in [5.41, 5.74) is 1.90. The lowest BCUT2D eigenvalue weighted by Gasteiger charge is -2.07. The van der Waals surface area contributed by atoms with E-state index in [-0.39, 0.29) is 16.9 Å². The SMILES string of the molecule is Cc1cccc(Oc2coc3cc(OC(=O)C=Cc4ccccc4)ccc3c2=O)c1. The Morgan fingerprint density at radius 2 is 1.77 bits per heavy atom. The van der Waals surface area contributed by atoms with Gasteiger partial charge in [0.15, 0.2) is 0 Å². The van der Waals surface area contributed by atoms with Crippen LogP contribution >= 0.6 is 0 Å². The standard InChI is InChI=1S/C25H18O5/c1-17-6-5-9-19(14-17)29-23-16-28-22-15-20(11-12-21(22)25(23)27)30-24(26)13-10-18-7-3-2-4-8-18/h2-16H,1H3. The van der Waals surface area contributed by atoms with Gasteiger partial charge in [-0.2, -0.15) is 0 Å². The Balaban J connectivity index is 1.52. The predicted molar refractivity (Wildman–Crippen MR) is 115 cm³/mol. The van der Waals surface area contributed by atoms with Crippen LogP contribution in [0.3, 0.4) is 0 Å². The summed E-state index contributed by atoms with van der Waals surface area (Å²) in [5.74, 6) is 0.390. The maximum atomic E-state index is 12.7. The van der Waals surface area contributed by atoms with Crippen molar-refractivity contribution in [3.8, 4) is 17.2 Å². The Bertz CT molecular complexity index is 1290. The summed E-state index contributed by atoms with van der Waals surface area (Å²) < 4.78 is 16.5. The van der Waals surface area contributed by atoms with Gasteiger partial charge in [-0.3, -0.25) is 4.79 Å². The summed E-state index contributed by atoms with van der Waals surface area (Å²) >= 11 is 0. The van der Waals surface area contributed by atoms with Crippen LogP contribution in [0, 0.1) is 6.92 Å². The molecule has 0 saturated carbocycles. The third-order valence-electron chi connectivity index (χ3n) is 4.36. The van der Waals surface area contributed by atoms with Crippen molar-refractivity contribution in [1.29, 1.82) is 0 Å². The highest BCUT2D eigenvalue weighted by Crippen LogP contribution is 2.24. The fourth-order valence-corrected chi connectivity index (χ4v) is 2.91. The first-order valence-electron chi connectivity index (χ1n) is 9.33. The van der Waals surface area contributed by atoms with Crippen LogP contribution in [-0.2, 0) is 4.79 Å². The van der Waals surface area contributed by atoms with Crippen molar-refractivity contribution in [2.45, 2.75) is 6.92 Å². The molecule has 5 heteroatoms. The van der Waals surface area contributed by atoms with Crippen molar-refractivity contribution in [2.24, 2.45) is 0 Å². The molecule has 4 aromatic rings. The Morgan fingerprint density at radius 1 is 0.933 bits per heavy atom. The maximum absolute atomic E-state index is 12.7. The molecule has 0 fully saturated rings. The van der Waals surface area contributed by atoms with E-state index in [1.54, 1.807) is 24.3 Å². The number of hydrogen-bond acceptors (Lipinski definition) is 5. The quantitative estimate of drug-likeness (QED) is 0.252. The molecule has 0 amide bonds. The number of hydrogen-bond donors (Lipinski definition) is 0. The van der Waals surface area contributed by atoms with Crippen molar-refractivity contribution in [3.05, 3.63) is 106 Å². The zero-order valence-electron chi connectivity index (χ0n) is 16.2. The molecule has 5 nitrogen and oxygen atoms in total. The molecule has 0 saturated heterocycles. The van der Waals surface area contributed by atoms with Crippen molar-refractivity contribution >= 4 is 23.0 Å². The molecule has 0 unspecified atom stereocenters. The molecule has 0 N–H and O–H groups in total. The summed E-state index contributed by atoms with van der Waals surface area (Å²) in [5, 5.41) is 0.333. The van der Waals surface area contributed by atoms with Crippen LogP contribution in [-0.4, -0.2) is 5.97 Å². The zero-order valence-corrected chi connectivity index (χ0v) is 16.2. The van der Waals surface area contributed by atoms with Gasteiger partial charge in [-0.25, -0.2) is 4.79 Å². The lowest BCUT2D eigenvalue weighted by atomic mass is 10.2. The van der Waals surface area contributed by atoms with Gasteiger partial charge in [-0.05, 0) is 48.4 Å². The van der Waals surface area contributed by atoms with Crippen LogP contribution in [0.25, 0.3) is 17.0 Å². The topological polar surface area (TPSA) is 65.7 Å². The van der Waals surface area contributed by atoms with E-state index < -0.39 is 5.97 Å². The molecule has 0 radical (unpaired) electrons. The summed E-state index contributed by atoms with van der Waals surface area (Å²) in [4.78, 5) is 24.8. The molecule has 30 heavy (non-hydrogen) atoms. The van der Waals surface area contributed by atoms with Crippen LogP contribution in [0.15, 0.2) is 94.3 Å². The first kappa shape index (κ1) is 19.2. The van der Waals surface area contributed by atoms with E-state index in [9.17, 15) is 9.59 Å². The maximum Gasteiger partial charge on any atom is 0.336 e. The van der Waals surface area contributed by atoms with Crippen LogP contribution in [0.4, 0.5) is 0 Å². The number of carbonyl (C=O) groups is 1. The summed E-state index contributed by atoms with van der Waals surface area (Å²) in [6, 6.07) is 21.4. The highest BCUT2D eigenvalue weighted by atomic mass is 16.5. The van der Waals surface area contributed by atoms with Crippen LogP contribution in [0.1, 0.15) is 11.1 Å². The highest BCUT2D eigenvalue weighted by Gasteiger charge is 2.11. The van der Waals surface area contributed by atoms with Gasteiger partial charge in [0.1, 0.15) is 23.3 Å². The van der Waals surface area contributed by atoms with Gasteiger partial charge in [-0.15, -0.1) is 0 Å². The molecule has 4 rings (SSSR count). The normalized spacial score (nSPS) is 11.0. The third kappa shape index (κ3) is 4.47. The number of benzene rings is 3. The number of carbonyl (C=O) groups excluding carboxylic acids is 1. The molecule has 0 spiro atoms. The van der Waals surface area contributed by atoms with Crippen LogP contribution < -0.4 is 14.9 Å². The van der Waals surface area contributed by atoms with E-state index in [0.29, 0.717) is 16.7 Å². The van der Waals surface area contributed by atoms with Crippen molar-refractivity contribution in [2.75, 3.05) is 0 Å². The smallest absolute Gasteiger partial charge is 0.336 e. The molecule has 0 atom stereocenters. The Kier molecular flexibility index (Phi) is 5.44. The van der Waals surface area contributed by atoms with Crippen LogP contribution in [0.2, 0.25) is 0 Å². The van der Waals surface area contributed by atoms with Gasteiger partial charge in [-0.1, -0.05) is 42.5 Å². The molecule has 0 aliphatic carbocycles. The highest BCUT2D eigenvalue weighted by molar-refractivity contribution is 5.89. The third-order valence-corrected chi connectivity index (χ3v) is 4.36. The van der Waals surface area contributed by atoms with Gasteiger partial charge in [0.05, 0.1) is 5.39 Å². The number of aryl methyl sites for hydroxylation is 1. The zero-order chi connectivity index (χ0) is 20.9. The second-order valence-electron chi connectivity index (χ2n) is 6.67. The van der Waals surface area contributed by atoms with Crippen molar-refractivity contribution in [1.82, 2.24) is 0 Å². The Labute approximate surface area is 172 Å². The fraction of sp³-hybridized carbons (Fsp3) is 0.0400. The number of esters is 1. The summed E-state index contributed by atoms with van der Waals surface area (Å²) in [6.07, 6.45) is 4.26. The molecular weight excluding hydrogens is 380 g/mol. The molecular formula is C25H18O5. The lowest BCUT2D eigenvalue weighted by molar-refractivity contribution is -0.128. The molecule has 0 aliphatic heterocycles. The summed E-state index contributed by atoms with van der Waals surface area (Å²) in [7, 11) is 0. The van der Waals surface area contributed by atoms with Crippen molar-refractivity contribution < 1.29 is 18.7 Å². The number of ether oxygens (including phenoxy) is 2. The second-order valence-corrected chi connectivity index (χ2v) is 6.67.